The van der Waals surface area contributed by atoms with Gasteiger partial charge in [-0.05, 0) is 43.3 Å². The number of halogens is 2. The van der Waals surface area contributed by atoms with Crippen LogP contribution in [0.2, 0.25) is 23.2 Å². The van der Waals surface area contributed by atoms with Crippen molar-refractivity contribution in [1.82, 2.24) is 14.7 Å². The number of hydrogen-bond donors (Lipinski definition) is 2. The predicted molar refractivity (Wildman–Crippen MR) is 185 cm³/mol. The number of benzene rings is 3. The Morgan fingerprint density at radius 2 is 1.79 bits per heavy atom. The molecule has 0 aliphatic carbocycles. The first-order valence-electron chi connectivity index (χ1n) is 15.1. The second-order valence-corrected chi connectivity index (χ2v) is 18.2. The average Bonchev–Trinajstić information content (AvgIpc) is 3.37. The lowest BCUT2D eigenvalue weighted by molar-refractivity contribution is -0.384. The number of carbonyl (C=O) groups excluding carboxylic acids is 3. The van der Waals surface area contributed by atoms with Gasteiger partial charge in [-0.1, -0.05) is 62.7 Å². The molecule has 3 N–H and O–H groups in total. The number of fused-ring (bicyclic) bond motifs is 1. The van der Waals surface area contributed by atoms with Crippen LogP contribution in [-0.4, -0.2) is 64.8 Å². The highest BCUT2D eigenvalue weighted by Gasteiger charge is 2.38. The van der Waals surface area contributed by atoms with Crippen LogP contribution in [0.4, 0.5) is 15.8 Å². The molecule has 0 saturated carbocycles. The summed E-state index contributed by atoms with van der Waals surface area (Å²) < 4.78 is 23.2. The zero-order chi connectivity index (χ0) is 35.6. The third-order valence-corrected chi connectivity index (χ3v) is 13.4. The first-order chi connectivity index (χ1) is 22.4. The van der Waals surface area contributed by atoms with Crippen LogP contribution in [0.3, 0.4) is 0 Å². The van der Waals surface area contributed by atoms with Crippen molar-refractivity contribution >= 4 is 59.9 Å². The Labute approximate surface area is 283 Å². The summed E-state index contributed by atoms with van der Waals surface area (Å²) in [7, 11) is -2.26. The van der Waals surface area contributed by atoms with Gasteiger partial charge in [-0.2, -0.15) is 5.10 Å². The molecule has 254 valence electrons. The van der Waals surface area contributed by atoms with Crippen molar-refractivity contribution in [2.75, 3.05) is 18.5 Å². The third-order valence-electron chi connectivity index (χ3n) is 8.56. The number of nitro benzene ring substituents is 1. The van der Waals surface area contributed by atoms with E-state index in [0.717, 1.165) is 6.07 Å². The lowest BCUT2D eigenvalue weighted by atomic mass is 10.0. The van der Waals surface area contributed by atoms with Crippen molar-refractivity contribution in [3.05, 3.63) is 87.3 Å². The Bertz CT molecular complexity index is 1890. The molecule has 1 aromatic heterocycles. The molecule has 3 aromatic carbocycles. The highest BCUT2D eigenvalue weighted by atomic mass is 35.5. The molecule has 12 nitrogen and oxygen atoms in total. The van der Waals surface area contributed by atoms with Gasteiger partial charge < -0.3 is 20.4 Å². The third kappa shape index (κ3) is 7.89. The number of non-ortho nitro benzene ring substituents is 1. The quantitative estimate of drug-likeness (QED) is 0.0986. The molecule has 0 bridgehead atoms. The molecule has 0 saturated heterocycles. The summed E-state index contributed by atoms with van der Waals surface area (Å²) in [5, 5.41) is 18.4. The summed E-state index contributed by atoms with van der Waals surface area (Å²) >= 11 is 6.29. The van der Waals surface area contributed by atoms with E-state index in [-0.39, 0.29) is 45.2 Å². The maximum Gasteiger partial charge on any atom is 0.270 e. The Balaban J connectivity index is 1.64. The van der Waals surface area contributed by atoms with Gasteiger partial charge in [0.15, 0.2) is 19.8 Å². The first kappa shape index (κ1) is 36.2. The minimum Gasteiger partial charge on any atom is -0.415 e. The number of rotatable bonds is 12. The summed E-state index contributed by atoms with van der Waals surface area (Å²) in [4.78, 5) is 51.6. The average molecular weight is 697 g/mol. The number of aromatic nitrogens is 2. The van der Waals surface area contributed by atoms with Crippen LogP contribution in [0.5, 0.6) is 0 Å². The molecular weight excluding hydrogens is 659 g/mol. The summed E-state index contributed by atoms with van der Waals surface area (Å²) in [5.74, 6) is -2.86. The molecular formula is C33H38ClFN6O6Si. The fourth-order valence-corrected chi connectivity index (χ4v) is 6.12. The summed E-state index contributed by atoms with van der Waals surface area (Å²) in [6.07, 6.45) is 0. The molecule has 3 amide bonds. The van der Waals surface area contributed by atoms with Gasteiger partial charge in [0, 0.05) is 33.7 Å². The van der Waals surface area contributed by atoms with E-state index in [4.69, 9.17) is 21.8 Å². The molecule has 1 atom stereocenters. The van der Waals surface area contributed by atoms with E-state index in [9.17, 15) is 24.5 Å². The van der Waals surface area contributed by atoms with Gasteiger partial charge in [0.25, 0.3) is 11.6 Å². The van der Waals surface area contributed by atoms with E-state index in [0.29, 0.717) is 10.6 Å². The molecule has 0 fully saturated rings. The van der Waals surface area contributed by atoms with Crippen LogP contribution in [0, 0.1) is 15.9 Å². The second-order valence-electron chi connectivity index (χ2n) is 13.0. The minimum absolute atomic E-state index is 0.0965. The Morgan fingerprint density at radius 1 is 1.12 bits per heavy atom. The van der Waals surface area contributed by atoms with Gasteiger partial charge in [-0.15, -0.1) is 0 Å². The monoisotopic (exact) mass is 696 g/mol. The first-order valence-corrected chi connectivity index (χ1v) is 18.4. The van der Waals surface area contributed by atoms with Crippen LogP contribution in [-0.2, 0) is 20.6 Å². The lowest BCUT2D eigenvalue weighted by Crippen LogP contribution is -2.50. The van der Waals surface area contributed by atoms with Crippen molar-refractivity contribution in [2.24, 2.45) is 5.73 Å². The van der Waals surface area contributed by atoms with Crippen LogP contribution in [0.1, 0.15) is 38.2 Å². The Kier molecular flexibility index (Phi) is 10.7. The number of carbonyl (C=O) groups is 3. The van der Waals surface area contributed by atoms with Crippen LogP contribution in [0.25, 0.3) is 22.0 Å². The SMILES string of the molecule is C[C@H](CO[Si](C)(C)C(C)(C)C)N(CC(=O)Nc1cccc(-c2ccccc2Cl)c1F)C(=O)Cn1nc(C(N)=O)c2cc([N+](=O)[O-])ccc21. The molecule has 1 heterocycles. The fraction of sp³-hybridized carbons (Fsp3) is 0.333. The van der Waals surface area contributed by atoms with Gasteiger partial charge in [0.2, 0.25) is 11.8 Å². The Morgan fingerprint density at radius 3 is 2.42 bits per heavy atom. The summed E-state index contributed by atoms with van der Waals surface area (Å²) in [6, 6.07) is 14.4. The maximum absolute atomic E-state index is 15.6. The number of hydrogen-bond acceptors (Lipinski definition) is 7. The fourth-order valence-electron chi connectivity index (χ4n) is 4.79. The molecule has 48 heavy (non-hydrogen) atoms. The standard InChI is InChI=1S/C33H38ClFN6O6Si/c1-20(19-47-48(5,6)33(2,3)4)39(17-28(42)37-26-13-9-11-23(30(26)35)22-10-7-8-12-25(22)34)29(43)18-40-27-15-14-21(41(45)46)16-24(27)31(38-40)32(36)44/h7-16,20H,17-19H2,1-6H3,(H2,36,44)(H,37,42)/t20-/m1/s1. The van der Waals surface area contributed by atoms with Gasteiger partial charge >= 0.3 is 0 Å². The number of amides is 3. The number of nitrogens with one attached hydrogen (secondary N) is 1. The molecule has 0 aliphatic rings. The van der Waals surface area contributed by atoms with Gasteiger partial charge in [-0.25, -0.2) is 4.39 Å². The zero-order valence-corrected chi connectivity index (χ0v) is 29.3. The number of primary amides is 1. The van der Waals surface area contributed by atoms with Gasteiger partial charge in [-0.3, -0.25) is 29.2 Å². The molecule has 0 radical (unpaired) electrons. The van der Waals surface area contributed by atoms with Crippen molar-refractivity contribution < 1.29 is 28.1 Å². The van der Waals surface area contributed by atoms with Crippen molar-refractivity contribution in [2.45, 2.75) is 58.4 Å². The zero-order valence-electron chi connectivity index (χ0n) is 27.5. The normalized spacial score (nSPS) is 12.5. The van der Waals surface area contributed by atoms with Crippen molar-refractivity contribution in [3.63, 3.8) is 0 Å². The van der Waals surface area contributed by atoms with Gasteiger partial charge in [0.05, 0.1) is 28.8 Å². The van der Waals surface area contributed by atoms with E-state index < -0.39 is 55.9 Å². The molecule has 0 aliphatic heterocycles. The smallest absolute Gasteiger partial charge is 0.270 e. The maximum atomic E-state index is 15.6. The molecule has 4 rings (SSSR count). The summed E-state index contributed by atoms with van der Waals surface area (Å²) in [6.45, 7) is 11.3. The highest BCUT2D eigenvalue weighted by Crippen LogP contribution is 2.37. The highest BCUT2D eigenvalue weighted by molar-refractivity contribution is 6.74. The lowest BCUT2D eigenvalue weighted by Gasteiger charge is -2.38. The van der Waals surface area contributed by atoms with E-state index in [1.165, 1.54) is 27.8 Å². The van der Waals surface area contributed by atoms with E-state index in [2.05, 4.69) is 44.3 Å². The molecule has 0 unspecified atom stereocenters. The predicted octanol–water partition coefficient (Wildman–Crippen LogP) is 6.38. The van der Waals surface area contributed by atoms with Crippen molar-refractivity contribution in [1.29, 1.82) is 0 Å². The molecule has 0 spiro atoms. The van der Waals surface area contributed by atoms with Gasteiger partial charge in [0.1, 0.15) is 13.1 Å². The Hall–Kier alpha value is -4.66. The number of nitrogens with two attached hydrogens (primary N) is 1. The number of nitrogens with zero attached hydrogens (tertiary/aromatic N) is 4. The van der Waals surface area contributed by atoms with E-state index in [1.807, 2.05) is 0 Å². The number of anilines is 1. The second kappa shape index (κ2) is 14.2. The molecule has 15 heteroatoms. The van der Waals surface area contributed by atoms with E-state index >= 15 is 4.39 Å². The topological polar surface area (TPSA) is 163 Å². The minimum atomic E-state index is -2.26. The van der Waals surface area contributed by atoms with Crippen molar-refractivity contribution in [3.8, 4) is 11.1 Å². The summed E-state index contributed by atoms with van der Waals surface area (Å²) in [5.41, 5.74) is 5.78. The largest absolute Gasteiger partial charge is 0.415 e. The van der Waals surface area contributed by atoms with Crippen LogP contribution < -0.4 is 11.1 Å². The molecule has 4 aromatic rings. The van der Waals surface area contributed by atoms with Crippen LogP contribution >= 0.6 is 11.6 Å². The number of nitro groups is 1. The van der Waals surface area contributed by atoms with E-state index in [1.54, 1.807) is 43.3 Å². The van der Waals surface area contributed by atoms with Crippen LogP contribution in [0.15, 0.2) is 60.7 Å².